The van der Waals surface area contributed by atoms with Gasteiger partial charge in [0.05, 0.1) is 0 Å². The van der Waals surface area contributed by atoms with Crippen LogP contribution in [0.5, 0.6) is 0 Å². The van der Waals surface area contributed by atoms with Crippen molar-refractivity contribution in [3.63, 3.8) is 0 Å². The largest absolute Gasteiger partial charge is 0.103 e. The summed E-state index contributed by atoms with van der Waals surface area (Å²) in [5, 5.41) is 0. The minimum absolute atomic E-state index is 0.236. The first-order chi connectivity index (χ1) is 11.0. The lowest BCUT2D eigenvalue weighted by atomic mass is 9.48. The van der Waals surface area contributed by atoms with E-state index in [2.05, 4.69) is 58.2 Å². The summed E-state index contributed by atoms with van der Waals surface area (Å²) in [7, 11) is 0. The molecule has 0 aromatic heterocycles. The predicted octanol–water partition coefficient (Wildman–Crippen LogP) is 6.72. The van der Waals surface area contributed by atoms with Gasteiger partial charge >= 0.3 is 0 Å². The molecule has 0 saturated heterocycles. The van der Waals surface area contributed by atoms with Gasteiger partial charge in [-0.05, 0) is 74.5 Å². The van der Waals surface area contributed by atoms with Crippen molar-refractivity contribution in [3.8, 4) is 0 Å². The molecule has 0 spiro atoms. The van der Waals surface area contributed by atoms with Crippen LogP contribution in [0.1, 0.15) is 59.3 Å². The maximum absolute atomic E-state index is 4.15. The van der Waals surface area contributed by atoms with Gasteiger partial charge < -0.3 is 0 Å². The quantitative estimate of drug-likeness (QED) is 0.507. The molecule has 3 fully saturated rings. The predicted molar refractivity (Wildman–Crippen MR) is 101 cm³/mol. The van der Waals surface area contributed by atoms with E-state index in [9.17, 15) is 0 Å². The first-order valence-corrected chi connectivity index (χ1v) is 9.59. The number of hydrogen-bond donors (Lipinski definition) is 0. The molecule has 0 aromatic rings. The van der Waals surface area contributed by atoms with Crippen LogP contribution >= 0.6 is 0 Å². The first-order valence-electron chi connectivity index (χ1n) is 9.59. The zero-order valence-corrected chi connectivity index (χ0v) is 15.4. The zero-order valence-electron chi connectivity index (χ0n) is 15.4. The van der Waals surface area contributed by atoms with Crippen LogP contribution in [0.3, 0.4) is 0 Å². The van der Waals surface area contributed by atoms with Gasteiger partial charge in [0.15, 0.2) is 0 Å². The molecule has 0 aromatic carbocycles. The summed E-state index contributed by atoms with van der Waals surface area (Å²) in [5.41, 5.74) is 2.35. The Hall–Kier alpha value is -1.04. The van der Waals surface area contributed by atoms with E-state index in [4.69, 9.17) is 0 Å². The van der Waals surface area contributed by atoms with Crippen LogP contribution in [-0.4, -0.2) is 0 Å². The molecule has 0 heterocycles. The van der Waals surface area contributed by atoms with E-state index < -0.39 is 0 Å². The molecule has 0 radical (unpaired) electrons. The van der Waals surface area contributed by atoms with Crippen molar-refractivity contribution in [3.05, 3.63) is 49.1 Å². The summed E-state index contributed by atoms with van der Waals surface area (Å²) in [4.78, 5) is 0. The van der Waals surface area contributed by atoms with Crippen molar-refractivity contribution in [2.45, 2.75) is 59.3 Å². The highest BCUT2D eigenvalue weighted by Gasteiger charge is 2.57. The highest BCUT2D eigenvalue weighted by molar-refractivity contribution is 5.30. The van der Waals surface area contributed by atoms with Crippen LogP contribution in [0.15, 0.2) is 49.1 Å². The fourth-order valence-corrected chi connectivity index (χ4v) is 6.67. The van der Waals surface area contributed by atoms with Crippen LogP contribution in [0.4, 0.5) is 0 Å². The normalized spacial score (nSPS) is 48.2. The minimum atomic E-state index is 0.236. The number of fused-ring (bicyclic) bond motifs is 3. The minimum Gasteiger partial charge on any atom is -0.103 e. The lowest BCUT2D eigenvalue weighted by molar-refractivity contribution is -0.0258. The van der Waals surface area contributed by atoms with E-state index in [0.717, 1.165) is 23.7 Å². The molecule has 3 rings (SSSR count). The molecule has 0 amide bonds. The smallest absolute Gasteiger partial charge is 0.00964 e. The molecule has 6 unspecified atom stereocenters. The van der Waals surface area contributed by atoms with Crippen molar-refractivity contribution in [2.75, 3.05) is 0 Å². The molecular weight excluding hydrogens is 276 g/mol. The van der Waals surface area contributed by atoms with Gasteiger partial charge in [0.1, 0.15) is 0 Å². The van der Waals surface area contributed by atoms with Crippen LogP contribution in [0.2, 0.25) is 0 Å². The Morgan fingerprint density at radius 1 is 1.04 bits per heavy atom. The van der Waals surface area contributed by atoms with Gasteiger partial charge in [-0.1, -0.05) is 56.4 Å². The Bertz CT molecular complexity index is 536. The Balaban J connectivity index is 1.97. The van der Waals surface area contributed by atoms with E-state index >= 15 is 0 Å². The highest BCUT2D eigenvalue weighted by atomic mass is 14.6. The summed E-state index contributed by atoms with van der Waals surface area (Å²) < 4.78 is 0. The molecule has 0 bridgehead atoms. The molecule has 0 nitrogen and oxygen atoms in total. The third-order valence-corrected chi connectivity index (χ3v) is 7.84. The van der Waals surface area contributed by atoms with Crippen LogP contribution < -0.4 is 0 Å². The van der Waals surface area contributed by atoms with Crippen LogP contribution in [0, 0.1) is 34.5 Å². The molecule has 6 atom stereocenters. The third-order valence-electron chi connectivity index (χ3n) is 7.84. The molecule has 3 aliphatic rings. The monoisotopic (exact) mass is 310 g/mol. The van der Waals surface area contributed by atoms with Crippen molar-refractivity contribution in [2.24, 2.45) is 34.5 Å². The summed E-state index contributed by atoms with van der Waals surface area (Å²) in [5.74, 6) is 3.34. The van der Waals surface area contributed by atoms with Gasteiger partial charge in [-0.25, -0.2) is 0 Å². The van der Waals surface area contributed by atoms with Crippen LogP contribution in [-0.2, 0) is 0 Å². The fourth-order valence-electron chi connectivity index (χ4n) is 6.67. The van der Waals surface area contributed by atoms with Gasteiger partial charge in [0, 0.05) is 5.41 Å². The Morgan fingerprint density at radius 2 is 1.83 bits per heavy atom. The topological polar surface area (TPSA) is 0 Å². The van der Waals surface area contributed by atoms with Gasteiger partial charge in [0.25, 0.3) is 0 Å². The van der Waals surface area contributed by atoms with Crippen molar-refractivity contribution in [1.29, 1.82) is 0 Å². The molecule has 0 heteroatoms. The van der Waals surface area contributed by atoms with E-state index in [1.807, 2.05) is 6.08 Å². The van der Waals surface area contributed by atoms with E-state index in [0.29, 0.717) is 5.41 Å². The molecule has 3 saturated carbocycles. The van der Waals surface area contributed by atoms with Crippen molar-refractivity contribution in [1.82, 2.24) is 0 Å². The number of allylic oxidation sites excluding steroid dienone is 6. The molecule has 126 valence electrons. The van der Waals surface area contributed by atoms with Gasteiger partial charge in [-0.3, -0.25) is 0 Å². The maximum atomic E-state index is 4.15. The third kappa shape index (κ3) is 2.41. The van der Waals surface area contributed by atoms with Gasteiger partial charge in [-0.15, -0.1) is 6.58 Å². The summed E-state index contributed by atoms with van der Waals surface area (Å²) in [6.07, 6.45) is 19.5. The highest BCUT2D eigenvalue weighted by Crippen LogP contribution is 2.65. The average Bonchev–Trinajstić information content (AvgIpc) is 2.87. The lowest BCUT2D eigenvalue weighted by Crippen LogP contribution is -2.48. The second-order valence-corrected chi connectivity index (χ2v) is 8.59. The van der Waals surface area contributed by atoms with E-state index in [1.54, 1.807) is 5.57 Å². The first kappa shape index (κ1) is 16.8. The Kier molecular flexibility index (Phi) is 4.47. The average molecular weight is 311 g/mol. The van der Waals surface area contributed by atoms with Crippen LogP contribution in [0.25, 0.3) is 0 Å². The lowest BCUT2D eigenvalue weighted by Gasteiger charge is -2.56. The molecule has 3 aliphatic carbocycles. The van der Waals surface area contributed by atoms with Crippen molar-refractivity contribution >= 4 is 0 Å². The number of hydrogen-bond acceptors (Lipinski definition) is 0. The van der Waals surface area contributed by atoms with E-state index in [-0.39, 0.29) is 5.41 Å². The van der Waals surface area contributed by atoms with E-state index in [1.165, 1.54) is 38.5 Å². The van der Waals surface area contributed by atoms with Gasteiger partial charge in [-0.2, -0.15) is 0 Å². The number of rotatable bonds is 3. The second-order valence-electron chi connectivity index (χ2n) is 8.59. The standard InChI is InChI=1S/C23H34/c1-6-9-18-10-12-19-20-13-11-17(8-3)23(20,5)16-14-21(19)22(18,4)15-7-2/h6-9,15,17,19-21H,1,3,10-14,16H2,2,4-5H3/b15-7-,18-9-. The molecular formula is C23H34. The summed E-state index contributed by atoms with van der Waals surface area (Å²) >= 11 is 0. The fraction of sp³-hybridized carbons (Fsp3) is 0.652. The van der Waals surface area contributed by atoms with Gasteiger partial charge in [0.2, 0.25) is 0 Å². The maximum Gasteiger partial charge on any atom is 0.00964 e. The Labute approximate surface area is 143 Å². The molecule has 0 aliphatic heterocycles. The SMILES string of the molecule is C=C/C=C1/CCC2C(CCC3(C)C(C=C)CCC23)C1(C)/C=C\C. The molecule has 0 N–H and O–H groups in total. The second kappa shape index (κ2) is 6.11. The summed E-state index contributed by atoms with van der Waals surface area (Å²) in [6, 6.07) is 0. The zero-order chi connectivity index (χ0) is 16.7. The molecule has 23 heavy (non-hydrogen) atoms. The van der Waals surface area contributed by atoms with Crippen molar-refractivity contribution < 1.29 is 0 Å². The summed E-state index contributed by atoms with van der Waals surface area (Å²) in [6.45, 7) is 15.3. The Morgan fingerprint density at radius 3 is 2.48 bits per heavy atom.